The van der Waals surface area contributed by atoms with Crippen LogP contribution < -0.4 is 19.7 Å². The first-order valence-corrected chi connectivity index (χ1v) is 12.8. The number of likely N-dealkylation sites (N-methyl/N-ethyl adjacent to an activating group) is 1. The van der Waals surface area contributed by atoms with E-state index in [4.69, 9.17) is 4.74 Å². The Kier molecular flexibility index (Phi) is 6.85. The first-order valence-electron chi connectivity index (χ1n) is 10.5. The second-order valence-electron chi connectivity index (χ2n) is 7.78. The van der Waals surface area contributed by atoms with E-state index in [2.05, 4.69) is 25.0 Å². The third-order valence-corrected chi connectivity index (χ3v) is 7.46. The summed E-state index contributed by atoms with van der Waals surface area (Å²) in [6.45, 7) is 3.51. The number of nitrogens with one attached hydrogen (secondary N) is 2. The van der Waals surface area contributed by atoms with Crippen molar-refractivity contribution in [1.82, 2.24) is 15.0 Å². The summed E-state index contributed by atoms with van der Waals surface area (Å²) in [5.41, 5.74) is 1.88. The van der Waals surface area contributed by atoms with E-state index < -0.39 is 10.0 Å². The van der Waals surface area contributed by atoms with Crippen LogP contribution in [0.4, 0.5) is 16.6 Å². The van der Waals surface area contributed by atoms with Gasteiger partial charge < -0.3 is 15.0 Å². The highest BCUT2D eigenvalue weighted by molar-refractivity contribution is 7.92. The zero-order chi connectivity index (χ0) is 25.2. The van der Waals surface area contributed by atoms with Gasteiger partial charge in [0.25, 0.3) is 10.0 Å². The number of aryl methyl sites for hydroxylation is 2. The molecule has 2 heterocycles. The van der Waals surface area contributed by atoms with Crippen molar-refractivity contribution in [3.63, 3.8) is 0 Å². The van der Waals surface area contributed by atoms with Crippen molar-refractivity contribution < 1.29 is 17.9 Å². The first kappa shape index (κ1) is 24.4. The van der Waals surface area contributed by atoms with Crippen LogP contribution in [0.5, 0.6) is 5.75 Å². The molecule has 0 aliphatic carbocycles. The highest BCUT2D eigenvalue weighted by Gasteiger charge is 2.17. The summed E-state index contributed by atoms with van der Waals surface area (Å²) in [6, 6.07) is 13.1. The van der Waals surface area contributed by atoms with E-state index in [9.17, 15) is 13.2 Å². The Morgan fingerprint density at radius 1 is 1.09 bits per heavy atom. The number of ether oxygens (including phenoxy) is 1. The molecule has 0 aliphatic heterocycles. The van der Waals surface area contributed by atoms with Crippen LogP contribution >= 0.6 is 11.3 Å². The molecule has 2 aromatic carbocycles. The van der Waals surface area contributed by atoms with Crippen LogP contribution in [0.25, 0.3) is 10.2 Å². The summed E-state index contributed by atoms with van der Waals surface area (Å²) in [5, 5.41) is 3.46. The average molecular weight is 513 g/mol. The van der Waals surface area contributed by atoms with Crippen LogP contribution in [0, 0.1) is 13.8 Å². The minimum atomic E-state index is -3.84. The molecular formula is C23H24N6O4S2. The Labute approximate surface area is 207 Å². The van der Waals surface area contributed by atoms with E-state index >= 15 is 0 Å². The number of carbonyl (C=O) groups excluding carboxylic acids is 1. The number of para-hydroxylation sites is 1. The lowest BCUT2D eigenvalue weighted by atomic mass is 10.3. The predicted octanol–water partition coefficient (Wildman–Crippen LogP) is 3.59. The van der Waals surface area contributed by atoms with Crippen molar-refractivity contribution >= 4 is 54.1 Å². The summed E-state index contributed by atoms with van der Waals surface area (Å²) in [6.07, 6.45) is 0. The monoisotopic (exact) mass is 512 g/mol. The third kappa shape index (κ3) is 5.66. The number of methoxy groups -OCH3 is 1. The lowest BCUT2D eigenvalue weighted by Crippen LogP contribution is -2.29. The van der Waals surface area contributed by atoms with Crippen molar-refractivity contribution in [3.05, 3.63) is 60.0 Å². The van der Waals surface area contributed by atoms with Crippen LogP contribution in [0.2, 0.25) is 0 Å². The Morgan fingerprint density at radius 3 is 2.51 bits per heavy atom. The molecule has 1 amide bonds. The molecule has 4 rings (SSSR count). The Balaban J connectivity index is 1.40. The maximum absolute atomic E-state index is 12.7. The number of carbonyl (C=O) groups is 1. The van der Waals surface area contributed by atoms with Gasteiger partial charge in [-0.05, 0) is 50.2 Å². The molecule has 0 spiro atoms. The van der Waals surface area contributed by atoms with Crippen molar-refractivity contribution in [3.8, 4) is 5.75 Å². The Bertz CT molecular complexity index is 1470. The second-order valence-corrected chi connectivity index (χ2v) is 10.5. The molecule has 0 aliphatic rings. The zero-order valence-corrected chi connectivity index (χ0v) is 21.2. The molecule has 4 aromatic rings. The van der Waals surface area contributed by atoms with Gasteiger partial charge in [-0.15, -0.1) is 0 Å². The van der Waals surface area contributed by atoms with E-state index in [1.54, 1.807) is 39.0 Å². The number of hydrogen-bond acceptors (Lipinski definition) is 9. The van der Waals surface area contributed by atoms with E-state index in [1.807, 2.05) is 18.2 Å². The Hall–Kier alpha value is -3.77. The first-order chi connectivity index (χ1) is 16.6. The van der Waals surface area contributed by atoms with Crippen molar-refractivity contribution in [2.45, 2.75) is 18.7 Å². The number of nitrogens with zero attached hydrogens (tertiary/aromatic N) is 4. The van der Waals surface area contributed by atoms with Crippen LogP contribution in [-0.4, -0.2) is 50.0 Å². The third-order valence-electron chi connectivity index (χ3n) is 4.95. The van der Waals surface area contributed by atoms with E-state index in [-0.39, 0.29) is 23.2 Å². The maximum atomic E-state index is 12.7. The maximum Gasteiger partial charge on any atom is 0.263 e. The van der Waals surface area contributed by atoms with Gasteiger partial charge in [0, 0.05) is 24.5 Å². The molecule has 182 valence electrons. The molecule has 0 radical (unpaired) electrons. The van der Waals surface area contributed by atoms with Crippen molar-refractivity contribution in [2.75, 3.05) is 35.6 Å². The van der Waals surface area contributed by atoms with Crippen LogP contribution in [0.15, 0.2) is 53.4 Å². The topological polar surface area (TPSA) is 126 Å². The van der Waals surface area contributed by atoms with Gasteiger partial charge in [-0.2, -0.15) is 0 Å². The zero-order valence-electron chi connectivity index (χ0n) is 19.6. The molecule has 0 bridgehead atoms. The number of amides is 1. The molecule has 2 N–H and O–H groups in total. The molecular weight excluding hydrogens is 488 g/mol. The number of aromatic nitrogens is 3. The molecule has 0 saturated heterocycles. The minimum absolute atomic E-state index is 0.0463. The molecule has 10 nitrogen and oxygen atoms in total. The fraction of sp³-hybridized carbons (Fsp3) is 0.217. The highest BCUT2D eigenvalue weighted by atomic mass is 32.2. The number of anilines is 3. The number of sulfonamides is 1. The lowest BCUT2D eigenvalue weighted by molar-refractivity contribution is -0.114. The summed E-state index contributed by atoms with van der Waals surface area (Å²) < 4.78 is 34.2. The minimum Gasteiger partial charge on any atom is -0.494 e. The number of fused-ring (bicyclic) bond motifs is 1. The predicted molar refractivity (Wildman–Crippen MR) is 137 cm³/mol. The smallest absolute Gasteiger partial charge is 0.263 e. The fourth-order valence-electron chi connectivity index (χ4n) is 3.41. The normalized spacial score (nSPS) is 11.3. The average Bonchev–Trinajstić information content (AvgIpc) is 3.23. The van der Waals surface area contributed by atoms with Gasteiger partial charge >= 0.3 is 0 Å². The van der Waals surface area contributed by atoms with E-state index in [1.165, 1.54) is 35.6 Å². The van der Waals surface area contributed by atoms with E-state index in [0.29, 0.717) is 28.1 Å². The summed E-state index contributed by atoms with van der Waals surface area (Å²) >= 11 is 1.46. The van der Waals surface area contributed by atoms with Crippen molar-refractivity contribution in [2.24, 2.45) is 0 Å². The number of hydrogen-bond donors (Lipinski definition) is 2. The lowest BCUT2D eigenvalue weighted by Gasteiger charge is -2.15. The molecule has 0 unspecified atom stereocenters. The molecule has 0 saturated carbocycles. The summed E-state index contributed by atoms with van der Waals surface area (Å²) in [4.78, 5) is 27.2. The van der Waals surface area contributed by atoms with Gasteiger partial charge in [-0.1, -0.05) is 17.4 Å². The van der Waals surface area contributed by atoms with Crippen LogP contribution in [0.3, 0.4) is 0 Å². The second kappa shape index (κ2) is 9.84. The number of benzene rings is 2. The summed E-state index contributed by atoms with van der Waals surface area (Å²) in [7, 11) is -0.472. The molecule has 2 aromatic heterocycles. The molecule has 0 fully saturated rings. The molecule has 0 atom stereocenters. The standard InChI is InChI=1S/C23H24N6O4S2/c1-14-12-20(25-15(2)24-14)28-35(31,32)17-10-8-16(9-11-17)26-21(30)13-29(3)23-27-22-18(33-4)6-5-7-19(22)34-23/h5-12H,13H2,1-4H3,(H,26,30)(H,24,25,28). The molecule has 12 heteroatoms. The van der Waals surface area contributed by atoms with Gasteiger partial charge in [-0.3, -0.25) is 9.52 Å². The largest absolute Gasteiger partial charge is 0.494 e. The summed E-state index contributed by atoms with van der Waals surface area (Å²) in [5.74, 6) is 1.08. The molecule has 35 heavy (non-hydrogen) atoms. The van der Waals surface area contributed by atoms with Crippen LogP contribution in [0.1, 0.15) is 11.5 Å². The van der Waals surface area contributed by atoms with Gasteiger partial charge in [0.05, 0.1) is 23.2 Å². The fourth-order valence-corrected chi connectivity index (χ4v) is 5.34. The Morgan fingerprint density at radius 2 is 1.83 bits per heavy atom. The van der Waals surface area contributed by atoms with Gasteiger partial charge in [0.15, 0.2) is 5.13 Å². The number of thiazole rings is 1. The van der Waals surface area contributed by atoms with Gasteiger partial charge in [-0.25, -0.2) is 23.4 Å². The number of rotatable bonds is 8. The van der Waals surface area contributed by atoms with Crippen molar-refractivity contribution in [1.29, 1.82) is 0 Å². The van der Waals surface area contributed by atoms with Gasteiger partial charge in [0.2, 0.25) is 5.91 Å². The van der Waals surface area contributed by atoms with Crippen LogP contribution in [-0.2, 0) is 14.8 Å². The quantitative estimate of drug-likeness (QED) is 0.367. The van der Waals surface area contributed by atoms with E-state index in [0.717, 1.165) is 10.2 Å². The highest BCUT2D eigenvalue weighted by Crippen LogP contribution is 2.33. The SMILES string of the molecule is COc1cccc2sc(N(C)CC(=O)Nc3ccc(S(=O)(=O)Nc4cc(C)nc(C)n4)cc3)nc12. The van der Waals surface area contributed by atoms with Gasteiger partial charge in [0.1, 0.15) is 22.9 Å².